The van der Waals surface area contributed by atoms with Crippen LogP contribution in [0.3, 0.4) is 0 Å². The molecule has 1 aromatic heterocycles. The number of benzene rings is 1. The Labute approximate surface area is 132 Å². The van der Waals surface area contributed by atoms with Crippen molar-refractivity contribution in [3.63, 3.8) is 0 Å². The van der Waals surface area contributed by atoms with E-state index in [1.807, 2.05) is 6.07 Å². The number of hydrogen-bond acceptors (Lipinski definition) is 4. The van der Waals surface area contributed by atoms with Crippen molar-refractivity contribution in [3.8, 4) is 5.75 Å². The molecule has 0 spiro atoms. The van der Waals surface area contributed by atoms with Crippen LogP contribution in [0.4, 0.5) is 0 Å². The van der Waals surface area contributed by atoms with Crippen LogP contribution in [0, 0.1) is 0 Å². The van der Waals surface area contributed by atoms with E-state index in [0.717, 1.165) is 11.1 Å². The molecule has 2 heterocycles. The van der Waals surface area contributed by atoms with Gasteiger partial charge in [0.1, 0.15) is 17.3 Å². The van der Waals surface area contributed by atoms with Crippen molar-refractivity contribution in [1.29, 1.82) is 0 Å². The molecule has 0 aliphatic carbocycles. The van der Waals surface area contributed by atoms with Crippen molar-refractivity contribution < 1.29 is 9.53 Å². The lowest BCUT2D eigenvalue weighted by Crippen LogP contribution is -2.24. The maximum absolute atomic E-state index is 12.0. The van der Waals surface area contributed by atoms with E-state index in [9.17, 15) is 4.79 Å². The van der Waals surface area contributed by atoms with Gasteiger partial charge < -0.3 is 10.1 Å². The minimum atomic E-state index is -0.251. The molecule has 0 fully saturated rings. The molecule has 0 bridgehead atoms. The van der Waals surface area contributed by atoms with E-state index < -0.39 is 0 Å². The lowest BCUT2D eigenvalue weighted by Gasteiger charge is -2.03. The van der Waals surface area contributed by atoms with Crippen LogP contribution in [-0.4, -0.2) is 23.8 Å². The quantitative estimate of drug-likeness (QED) is 0.886. The molecule has 0 radical (unpaired) electrons. The first kappa shape index (κ1) is 14.3. The SMILES string of the molecule is COc1ccc(/C=C2/N=C(c3ccncc3)NC2=O)cc1Cl. The number of methoxy groups -OCH3 is 1. The summed E-state index contributed by atoms with van der Waals surface area (Å²) >= 11 is 6.08. The van der Waals surface area contributed by atoms with E-state index in [1.165, 1.54) is 0 Å². The highest BCUT2D eigenvalue weighted by Gasteiger charge is 2.21. The summed E-state index contributed by atoms with van der Waals surface area (Å²) in [5.74, 6) is 0.845. The summed E-state index contributed by atoms with van der Waals surface area (Å²) in [6, 6.07) is 8.85. The molecular formula is C16H12ClN3O2. The normalized spacial score (nSPS) is 15.6. The monoisotopic (exact) mass is 313 g/mol. The number of carbonyl (C=O) groups excluding carboxylic acids is 1. The first-order valence-corrected chi connectivity index (χ1v) is 6.91. The number of nitrogens with one attached hydrogen (secondary N) is 1. The first-order chi connectivity index (χ1) is 10.7. The number of nitrogens with zero attached hydrogens (tertiary/aromatic N) is 2. The summed E-state index contributed by atoms with van der Waals surface area (Å²) in [7, 11) is 1.55. The zero-order valence-electron chi connectivity index (χ0n) is 11.7. The molecule has 1 N–H and O–H groups in total. The molecule has 5 nitrogen and oxygen atoms in total. The molecule has 0 unspecified atom stereocenters. The Morgan fingerprint density at radius 1 is 1.23 bits per heavy atom. The molecule has 22 heavy (non-hydrogen) atoms. The zero-order valence-corrected chi connectivity index (χ0v) is 12.5. The minimum absolute atomic E-state index is 0.251. The number of amidine groups is 1. The maximum Gasteiger partial charge on any atom is 0.275 e. The Balaban J connectivity index is 1.92. The van der Waals surface area contributed by atoms with E-state index in [-0.39, 0.29) is 5.91 Å². The van der Waals surface area contributed by atoms with Gasteiger partial charge >= 0.3 is 0 Å². The van der Waals surface area contributed by atoms with Crippen molar-refractivity contribution in [3.05, 3.63) is 64.6 Å². The number of halogens is 1. The van der Waals surface area contributed by atoms with Crippen LogP contribution >= 0.6 is 11.6 Å². The van der Waals surface area contributed by atoms with Gasteiger partial charge in [-0.2, -0.15) is 0 Å². The summed E-state index contributed by atoms with van der Waals surface area (Å²) in [5.41, 5.74) is 1.91. The van der Waals surface area contributed by atoms with Crippen LogP contribution in [0.5, 0.6) is 5.75 Å². The lowest BCUT2D eigenvalue weighted by molar-refractivity contribution is -0.115. The number of amides is 1. The molecule has 3 rings (SSSR count). The van der Waals surface area contributed by atoms with Crippen LogP contribution in [-0.2, 0) is 4.79 Å². The Kier molecular flexibility index (Phi) is 3.89. The molecule has 110 valence electrons. The van der Waals surface area contributed by atoms with Gasteiger partial charge in [-0.3, -0.25) is 9.78 Å². The lowest BCUT2D eigenvalue weighted by atomic mass is 10.2. The van der Waals surface area contributed by atoms with E-state index in [0.29, 0.717) is 22.3 Å². The number of pyridine rings is 1. The Bertz CT molecular complexity index is 785. The fraction of sp³-hybridized carbons (Fsp3) is 0.0625. The number of ether oxygens (including phenoxy) is 1. The predicted octanol–water partition coefficient (Wildman–Crippen LogP) is 2.66. The summed E-state index contributed by atoms with van der Waals surface area (Å²) in [5, 5.41) is 3.22. The number of aliphatic imine (C=N–C) groups is 1. The fourth-order valence-corrected chi connectivity index (χ4v) is 2.31. The Morgan fingerprint density at radius 3 is 2.68 bits per heavy atom. The molecule has 1 amide bonds. The van der Waals surface area contributed by atoms with Gasteiger partial charge in [0.15, 0.2) is 0 Å². The van der Waals surface area contributed by atoms with Gasteiger partial charge in [-0.1, -0.05) is 17.7 Å². The third kappa shape index (κ3) is 2.84. The molecule has 0 saturated heterocycles. The van der Waals surface area contributed by atoms with Crippen LogP contribution in [0.25, 0.3) is 6.08 Å². The molecule has 1 aliphatic heterocycles. The number of aromatic nitrogens is 1. The average Bonchev–Trinajstić information content (AvgIpc) is 2.89. The van der Waals surface area contributed by atoms with Gasteiger partial charge in [-0.25, -0.2) is 4.99 Å². The topological polar surface area (TPSA) is 63.6 Å². The highest BCUT2D eigenvalue weighted by molar-refractivity contribution is 6.32. The summed E-state index contributed by atoms with van der Waals surface area (Å²) in [6.45, 7) is 0. The molecule has 1 aliphatic rings. The molecule has 0 atom stereocenters. The van der Waals surface area contributed by atoms with E-state index in [2.05, 4.69) is 15.3 Å². The van der Waals surface area contributed by atoms with Crippen molar-refractivity contribution in [2.45, 2.75) is 0 Å². The Hall–Kier alpha value is -2.66. The second-order valence-corrected chi connectivity index (χ2v) is 4.98. The predicted molar refractivity (Wildman–Crippen MR) is 84.9 cm³/mol. The van der Waals surface area contributed by atoms with Crippen LogP contribution in [0.2, 0.25) is 5.02 Å². The van der Waals surface area contributed by atoms with E-state index in [4.69, 9.17) is 16.3 Å². The summed E-state index contributed by atoms with van der Waals surface area (Å²) in [4.78, 5) is 20.3. The Morgan fingerprint density at radius 2 is 2.00 bits per heavy atom. The standard InChI is InChI=1S/C16H12ClN3O2/c1-22-14-3-2-10(8-12(14)17)9-13-16(21)20-15(19-13)11-4-6-18-7-5-11/h2-9H,1H3,(H,19,20,21)/b13-9+. The first-order valence-electron chi connectivity index (χ1n) is 6.53. The van der Waals surface area contributed by atoms with Crippen molar-refractivity contribution in [2.75, 3.05) is 7.11 Å². The molecule has 0 saturated carbocycles. The van der Waals surface area contributed by atoms with E-state index in [1.54, 1.807) is 49.8 Å². The average molecular weight is 314 g/mol. The second kappa shape index (κ2) is 5.99. The van der Waals surface area contributed by atoms with E-state index >= 15 is 0 Å². The molecular weight excluding hydrogens is 302 g/mol. The largest absolute Gasteiger partial charge is 0.495 e. The summed E-state index contributed by atoms with van der Waals surface area (Å²) < 4.78 is 5.10. The van der Waals surface area contributed by atoms with Crippen molar-refractivity contribution in [1.82, 2.24) is 10.3 Å². The maximum atomic E-state index is 12.0. The van der Waals surface area contributed by atoms with Gasteiger partial charge in [0, 0.05) is 18.0 Å². The molecule has 2 aromatic rings. The fourth-order valence-electron chi connectivity index (χ4n) is 2.05. The third-order valence-electron chi connectivity index (χ3n) is 3.13. The third-order valence-corrected chi connectivity index (χ3v) is 3.43. The highest BCUT2D eigenvalue weighted by atomic mass is 35.5. The number of hydrogen-bond donors (Lipinski definition) is 1. The van der Waals surface area contributed by atoms with Crippen molar-refractivity contribution >= 4 is 29.4 Å². The highest BCUT2D eigenvalue weighted by Crippen LogP contribution is 2.26. The van der Waals surface area contributed by atoms with Crippen molar-refractivity contribution in [2.24, 2.45) is 4.99 Å². The minimum Gasteiger partial charge on any atom is -0.495 e. The molecule has 6 heteroatoms. The van der Waals surface area contributed by atoms with Gasteiger partial charge in [0.25, 0.3) is 5.91 Å². The van der Waals surface area contributed by atoms with Gasteiger partial charge in [-0.05, 0) is 35.9 Å². The van der Waals surface area contributed by atoms with Crippen LogP contribution < -0.4 is 10.1 Å². The zero-order chi connectivity index (χ0) is 15.5. The number of carbonyl (C=O) groups is 1. The van der Waals surface area contributed by atoms with Gasteiger partial charge in [0.05, 0.1) is 12.1 Å². The smallest absolute Gasteiger partial charge is 0.275 e. The van der Waals surface area contributed by atoms with Crippen LogP contribution in [0.1, 0.15) is 11.1 Å². The van der Waals surface area contributed by atoms with Gasteiger partial charge in [-0.15, -0.1) is 0 Å². The second-order valence-electron chi connectivity index (χ2n) is 4.57. The van der Waals surface area contributed by atoms with Gasteiger partial charge in [0.2, 0.25) is 0 Å². The summed E-state index contributed by atoms with van der Waals surface area (Å²) in [6.07, 6.45) is 4.97. The van der Waals surface area contributed by atoms with Crippen LogP contribution in [0.15, 0.2) is 53.4 Å². The number of rotatable bonds is 3. The molecule has 1 aromatic carbocycles.